The Hall–Kier alpha value is -2.15. The summed E-state index contributed by atoms with van der Waals surface area (Å²) in [4.78, 5) is 16.4. The lowest BCUT2D eigenvalue weighted by atomic mass is 10.2. The van der Waals surface area contributed by atoms with Crippen LogP contribution in [0.2, 0.25) is 5.02 Å². The van der Waals surface area contributed by atoms with Gasteiger partial charge in [-0.05, 0) is 31.5 Å². The zero-order valence-electron chi connectivity index (χ0n) is 13.8. The molecule has 0 atom stereocenters. The molecule has 3 aromatic rings. The molecule has 5 nitrogen and oxygen atoms in total. The number of amides is 1. The van der Waals surface area contributed by atoms with E-state index in [9.17, 15) is 4.79 Å². The number of benzene rings is 1. The van der Waals surface area contributed by atoms with E-state index in [4.69, 9.17) is 20.8 Å². The molecule has 0 unspecified atom stereocenters. The number of halogens is 1. The number of carbonyl (C=O) groups is 1. The van der Waals surface area contributed by atoms with Gasteiger partial charge < -0.3 is 9.15 Å². The van der Waals surface area contributed by atoms with Gasteiger partial charge in [-0.25, -0.2) is 4.98 Å². The van der Waals surface area contributed by atoms with Crippen molar-refractivity contribution >= 4 is 34.0 Å². The molecule has 0 saturated heterocycles. The predicted octanol–water partition coefficient (Wildman–Crippen LogP) is 4.83. The Kier molecular flexibility index (Phi) is 5.53. The summed E-state index contributed by atoms with van der Waals surface area (Å²) in [5.41, 5.74) is 2.56. The molecule has 0 spiro atoms. The van der Waals surface area contributed by atoms with Gasteiger partial charge in [-0.1, -0.05) is 29.8 Å². The molecule has 7 heteroatoms. The van der Waals surface area contributed by atoms with Crippen LogP contribution in [-0.4, -0.2) is 17.5 Å². The molecular weight excluding hydrogens is 360 g/mol. The van der Waals surface area contributed by atoms with E-state index in [0.29, 0.717) is 10.2 Å². The molecule has 2 heterocycles. The minimum absolute atomic E-state index is 0.0655. The van der Waals surface area contributed by atoms with E-state index in [0.717, 1.165) is 28.3 Å². The standard InChI is InChI=1S/C18H17ClN2O3S/c1-11-7-14(12(2)24-11)16-10-25-18(20-16)21-17(22)9-23-8-13-5-3-4-6-15(13)19/h3-7,10H,8-9H2,1-2H3,(H,20,21,22). The Morgan fingerprint density at radius 3 is 2.88 bits per heavy atom. The van der Waals surface area contributed by atoms with Gasteiger partial charge in [-0.2, -0.15) is 0 Å². The lowest BCUT2D eigenvalue weighted by Crippen LogP contribution is -2.18. The number of anilines is 1. The first kappa shape index (κ1) is 17.7. The fourth-order valence-corrected chi connectivity index (χ4v) is 3.28. The normalized spacial score (nSPS) is 10.8. The largest absolute Gasteiger partial charge is 0.466 e. The summed E-state index contributed by atoms with van der Waals surface area (Å²) in [5, 5.41) is 5.78. The van der Waals surface area contributed by atoms with Gasteiger partial charge in [-0.15, -0.1) is 11.3 Å². The summed E-state index contributed by atoms with van der Waals surface area (Å²) in [6.45, 7) is 4.00. The number of furan rings is 1. The highest BCUT2D eigenvalue weighted by Gasteiger charge is 2.13. The topological polar surface area (TPSA) is 64.4 Å². The fourth-order valence-electron chi connectivity index (χ4n) is 2.36. The molecule has 0 saturated carbocycles. The van der Waals surface area contributed by atoms with Crippen molar-refractivity contribution in [3.05, 3.63) is 57.8 Å². The number of nitrogens with zero attached hydrogens (tertiary/aromatic N) is 1. The van der Waals surface area contributed by atoms with E-state index >= 15 is 0 Å². The number of hydrogen-bond acceptors (Lipinski definition) is 5. The third kappa shape index (κ3) is 4.48. The van der Waals surface area contributed by atoms with Gasteiger partial charge in [0.05, 0.1) is 12.3 Å². The second-order valence-corrected chi connectivity index (χ2v) is 6.76. The summed E-state index contributed by atoms with van der Waals surface area (Å²) in [5.74, 6) is 1.39. The number of hydrogen-bond donors (Lipinski definition) is 1. The highest BCUT2D eigenvalue weighted by atomic mass is 35.5. The number of rotatable bonds is 6. The number of thiazole rings is 1. The number of aryl methyl sites for hydroxylation is 2. The van der Waals surface area contributed by atoms with Crippen molar-refractivity contribution in [1.29, 1.82) is 0 Å². The number of aromatic nitrogens is 1. The van der Waals surface area contributed by atoms with Crippen molar-refractivity contribution in [2.24, 2.45) is 0 Å². The van der Waals surface area contributed by atoms with Crippen LogP contribution in [0.25, 0.3) is 11.3 Å². The van der Waals surface area contributed by atoms with Crippen LogP contribution in [-0.2, 0) is 16.1 Å². The Morgan fingerprint density at radius 2 is 2.16 bits per heavy atom. The highest BCUT2D eigenvalue weighted by Crippen LogP contribution is 2.29. The summed E-state index contributed by atoms with van der Waals surface area (Å²) < 4.78 is 10.9. The summed E-state index contributed by atoms with van der Waals surface area (Å²) >= 11 is 7.41. The van der Waals surface area contributed by atoms with Crippen LogP contribution in [0, 0.1) is 13.8 Å². The van der Waals surface area contributed by atoms with Crippen LogP contribution in [0.1, 0.15) is 17.1 Å². The maximum atomic E-state index is 12.0. The van der Waals surface area contributed by atoms with E-state index in [1.807, 2.05) is 43.5 Å². The quantitative estimate of drug-likeness (QED) is 0.669. The van der Waals surface area contributed by atoms with Crippen LogP contribution in [0.4, 0.5) is 5.13 Å². The molecule has 0 aliphatic heterocycles. The van der Waals surface area contributed by atoms with Crippen molar-refractivity contribution in [1.82, 2.24) is 4.98 Å². The number of carbonyl (C=O) groups excluding carboxylic acids is 1. The van der Waals surface area contributed by atoms with Crippen molar-refractivity contribution in [2.75, 3.05) is 11.9 Å². The van der Waals surface area contributed by atoms with Gasteiger partial charge in [0.15, 0.2) is 5.13 Å². The van der Waals surface area contributed by atoms with Crippen molar-refractivity contribution in [3.63, 3.8) is 0 Å². The minimum Gasteiger partial charge on any atom is -0.466 e. The Labute approximate surface area is 154 Å². The van der Waals surface area contributed by atoms with Crippen LogP contribution in [0.5, 0.6) is 0 Å². The van der Waals surface area contributed by atoms with Crippen LogP contribution < -0.4 is 5.32 Å². The Bertz CT molecular complexity index is 888. The monoisotopic (exact) mass is 376 g/mol. The van der Waals surface area contributed by atoms with Gasteiger partial charge >= 0.3 is 0 Å². The molecule has 0 bridgehead atoms. The van der Waals surface area contributed by atoms with Gasteiger partial charge in [-0.3, -0.25) is 10.1 Å². The summed E-state index contributed by atoms with van der Waals surface area (Å²) in [6.07, 6.45) is 0. The van der Waals surface area contributed by atoms with E-state index in [-0.39, 0.29) is 19.1 Å². The molecular formula is C18H17ClN2O3S. The Balaban J connectivity index is 1.53. The second-order valence-electron chi connectivity index (χ2n) is 5.50. The molecule has 0 aliphatic carbocycles. The molecule has 25 heavy (non-hydrogen) atoms. The van der Waals surface area contributed by atoms with Crippen molar-refractivity contribution in [3.8, 4) is 11.3 Å². The molecule has 0 radical (unpaired) electrons. The smallest absolute Gasteiger partial charge is 0.252 e. The van der Waals surface area contributed by atoms with Crippen LogP contribution >= 0.6 is 22.9 Å². The number of ether oxygens (including phenoxy) is 1. The van der Waals surface area contributed by atoms with Crippen LogP contribution in [0.15, 0.2) is 40.1 Å². The van der Waals surface area contributed by atoms with Gasteiger partial charge in [0, 0.05) is 16.0 Å². The molecule has 0 aliphatic rings. The molecule has 1 aromatic carbocycles. The molecule has 1 N–H and O–H groups in total. The molecule has 0 fully saturated rings. The lowest BCUT2D eigenvalue weighted by Gasteiger charge is -2.05. The first-order valence-corrected chi connectivity index (χ1v) is 8.92. The zero-order chi connectivity index (χ0) is 17.8. The molecule has 3 rings (SSSR count). The van der Waals surface area contributed by atoms with Crippen molar-refractivity contribution in [2.45, 2.75) is 20.5 Å². The SMILES string of the molecule is Cc1cc(-c2csc(NC(=O)COCc3ccccc3Cl)n2)c(C)o1. The predicted molar refractivity (Wildman–Crippen MR) is 99.0 cm³/mol. The molecule has 1 amide bonds. The maximum Gasteiger partial charge on any atom is 0.252 e. The highest BCUT2D eigenvalue weighted by molar-refractivity contribution is 7.14. The van der Waals surface area contributed by atoms with E-state index in [2.05, 4.69) is 10.3 Å². The summed E-state index contributed by atoms with van der Waals surface area (Å²) in [7, 11) is 0. The average Bonchev–Trinajstić information content (AvgIpc) is 3.15. The first-order valence-electron chi connectivity index (χ1n) is 7.67. The summed E-state index contributed by atoms with van der Waals surface area (Å²) in [6, 6.07) is 9.31. The van der Waals surface area contributed by atoms with E-state index < -0.39 is 0 Å². The lowest BCUT2D eigenvalue weighted by molar-refractivity contribution is -0.121. The molecule has 130 valence electrons. The third-order valence-electron chi connectivity index (χ3n) is 3.52. The second kappa shape index (κ2) is 7.82. The molecule has 2 aromatic heterocycles. The maximum absolute atomic E-state index is 12.0. The zero-order valence-corrected chi connectivity index (χ0v) is 15.4. The fraction of sp³-hybridized carbons (Fsp3) is 0.222. The average molecular weight is 377 g/mol. The Morgan fingerprint density at radius 1 is 1.36 bits per heavy atom. The van der Waals surface area contributed by atoms with Gasteiger partial charge in [0.25, 0.3) is 5.91 Å². The van der Waals surface area contributed by atoms with Crippen LogP contribution in [0.3, 0.4) is 0 Å². The van der Waals surface area contributed by atoms with Gasteiger partial charge in [0.2, 0.25) is 0 Å². The van der Waals surface area contributed by atoms with Crippen molar-refractivity contribution < 1.29 is 13.9 Å². The van der Waals surface area contributed by atoms with E-state index in [1.54, 1.807) is 6.07 Å². The van der Waals surface area contributed by atoms with E-state index in [1.165, 1.54) is 11.3 Å². The third-order valence-corrected chi connectivity index (χ3v) is 4.64. The minimum atomic E-state index is -0.256. The van der Waals surface area contributed by atoms with Gasteiger partial charge in [0.1, 0.15) is 18.1 Å². The first-order chi connectivity index (χ1) is 12.0. The number of nitrogens with one attached hydrogen (secondary N) is 1.